The summed E-state index contributed by atoms with van der Waals surface area (Å²) in [5, 5.41) is 38.4. The lowest BCUT2D eigenvalue weighted by atomic mass is 10.1. The molecule has 0 aliphatic rings. The molecule has 2 aromatic carbocycles. The average Bonchev–Trinajstić information content (AvgIpc) is 2.58. The first kappa shape index (κ1) is 18.7. The Morgan fingerprint density at radius 2 is 1.92 bits per heavy atom. The first-order chi connectivity index (χ1) is 12.3. The van der Waals surface area contributed by atoms with Crippen molar-refractivity contribution in [3.05, 3.63) is 67.8 Å². The van der Waals surface area contributed by atoms with Gasteiger partial charge in [0.25, 0.3) is 5.69 Å². The number of anilines is 1. The molecule has 0 bridgehead atoms. The quantitative estimate of drug-likeness (QED) is 0.313. The van der Waals surface area contributed by atoms with Crippen LogP contribution in [0.25, 0.3) is 0 Å². The van der Waals surface area contributed by atoms with Gasteiger partial charge in [-0.2, -0.15) is 5.10 Å². The first-order valence-electron chi connectivity index (χ1n) is 7.11. The maximum atomic E-state index is 10.9. The van der Waals surface area contributed by atoms with Gasteiger partial charge in [0, 0.05) is 11.8 Å². The molecule has 2 aromatic rings. The standard InChI is InChI=1S/C15H13N5O5S/c1-9-4-2-3-5-12(9)17-15(26)18-16-8-10-6-11(19(22)23)7-13(14(10)21)20(24)25/h2-8,21H,1H3,(H2,17,18,26)/b16-8+. The lowest BCUT2D eigenvalue weighted by Crippen LogP contribution is -2.24. The molecule has 0 heterocycles. The molecule has 0 unspecified atom stereocenters. The molecular formula is C15H13N5O5S. The van der Waals surface area contributed by atoms with E-state index >= 15 is 0 Å². The van der Waals surface area contributed by atoms with Gasteiger partial charge in [0.2, 0.25) is 5.75 Å². The monoisotopic (exact) mass is 375 g/mol. The van der Waals surface area contributed by atoms with Crippen LogP contribution in [0.15, 0.2) is 41.5 Å². The Morgan fingerprint density at radius 3 is 2.54 bits per heavy atom. The van der Waals surface area contributed by atoms with Crippen molar-refractivity contribution in [2.45, 2.75) is 6.92 Å². The highest BCUT2D eigenvalue weighted by Crippen LogP contribution is 2.33. The maximum absolute atomic E-state index is 10.9. The minimum Gasteiger partial charge on any atom is -0.502 e. The zero-order valence-electron chi connectivity index (χ0n) is 13.4. The van der Waals surface area contributed by atoms with Gasteiger partial charge >= 0.3 is 5.69 Å². The first-order valence-corrected chi connectivity index (χ1v) is 7.52. The van der Waals surface area contributed by atoms with E-state index in [-0.39, 0.29) is 10.7 Å². The van der Waals surface area contributed by atoms with Gasteiger partial charge in [0.15, 0.2) is 5.11 Å². The highest BCUT2D eigenvalue weighted by molar-refractivity contribution is 7.80. The predicted molar refractivity (Wildman–Crippen MR) is 99.5 cm³/mol. The molecule has 0 aliphatic heterocycles. The van der Waals surface area contributed by atoms with Crippen LogP contribution in [0, 0.1) is 27.2 Å². The minimum absolute atomic E-state index is 0.134. The topological polar surface area (TPSA) is 143 Å². The molecule has 0 spiro atoms. The van der Waals surface area contributed by atoms with E-state index in [0.29, 0.717) is 6.07 Å². The van der Waals surface area contributed by atoms with Crippen LogP contribution < -0.4 is 10.7 Å². The van der Waals surface area contributed by atoms with Gasteiger partial charge < -0.3 is 10.4 Å². The highest BCUT2D eigenvalue weighted by Gasteiger charge is 2.23. The van der Waals surface area contributed by atoms with E-state index < -0.39 is 27.0 Å². The fraction of sp³-hybridized carbons (Fsp3) is 0.0667. The highest BCUT2D eigenvalue weighted by atomic mass is 32.1. The summed E-state index contributed by atoms with van der Waals surface area (Å²) >= 11 is 5.06. The Balaban J connectivity index is 2.17. The van der Waals surface area contributed by atoms with Crippen LogP contribution in [0.5, 0.6) is 5.75 Å². The van der Waals surface area contributed by atoms with Crippen LogP contribution in [0.1, 0.15) is 11.1 Å². The lowest BCUT2D eigenvalue weighted by molar-refractivity contribution is -0.394. The zero-order chi connectivity index (χ0) is 19.3. The number of hydrogen-bond donors (Lipinski definition) is 3. The van der Waals surface area contributed by atoms with Gasteiger partial charge in [-0.1, -0.05) is 18.2 Å². The molecular weight excluding hydrogens is 362 g/mol. The molecule has 0 radical (unpaired) electrons. The van der Waals surface area contributed by atoms with Crippen LogP contribution in [-0.2, 0) is 0 Å². The molecule has 11 heteroatoms. The van der Waals surface area contributed by atoms with Crippen LogP contribution in [0.2, 0.25) is 0 Å². The van der Waals surface area contributed by atoms with Crippen molar-refractivity contribution in [3.63, 3.8) is 0 Å². The number of para-hydroxylation sites is 1. The zero-order valence-corrected chi connectivity index (χ0v) is 14.2. The second-order valence-corrected chi connectivity index (χ2v) is 5.46. The fourth-order valence-electron chi connectivity index (χ4n) is 1.99. The largest absolute Gasteiger partial charge is 0.502 e. The molecule has 0 saturated carbocycles. The molecule has 134 valence electrons. The number of aromatic hydroxyl groups is 1. The number of rotatable bonds is 5. The number of aryl methyl sites for hydroxylation is 1. The van der Waals surface area contributed by atoms with E-state index in [4.69, 9.17) is 12.2 Å². The number of hydrazone groups is 1. The number of non-ortho nitro benzene ring substituents is 1. The summed E-state index contributed by atoms with van der Waals surface area (Å²) in [6.45, 7) is 1.88. The van der Waals surface area contributed by atoms with E-state index in [0.717, 1.165) is 23.5 Å². The lowest BCUT2D eigenvalue weighted by Gasteiger charge is -2.09. The third-order valence-corrected chi connectivity index (χ3v) is 3.47. The van der Waals surface area contributed by atoms with Crippen LogP contribution in [0.3, 0.4) is 0 Å². The molecule has 0 amide bonds. The number of phenols is 1. The predicted octanol–water partition coefficient (Wildman–Crippen LogP) is 2.84. The van der Waals surface area contributed by atoms with Gasteiger partial charge in [0.05, 0.1) is 27.7 Å². The number of nitrogens with one attached hydrogen (secondary N) is 2. The molecule has 0 fully saturated rings. The van der Waals surface area contributed by atoms with Gasteiger partial charge in [-0.15, -0.1) is 0 Å². The molecule has 0 atom stereocenters. The van der Waals surface area contributed by atoms with Crippen molar-refractivity contribution >= 4 is 40.6 Å². The summed E-state index contributed by atoms with van der Waals surface area (Å²) in [7, 11) is 0. The van der Waals surface area contributed by atoms with Crippen LogP contribution >= 0.6 is 12.2 Å². The van der Waals surface area contributed by atoms with Crippen LogP contribution in [-0.4, -0.2) is 26.3 Å². The van der Waals surface area contributed by atoms with Crippen molar-refractivity contribution in [3.8, 4) is 5.75 Å². The van der Waals surface area contributed by atoms with Crippen molar-refractivity contribution in [1.82, 2.24) is 5.43 Å². The summed E-state index contributed by atoms with van der Waals surface area (Å²) in [6, 6.07) is 9.02. The minimum atomic E-state index is -0.919. The van der Waals surface area contributed by atoms with Gasteiger partial charge in [-0.3, -0.25) is 25.7 Å². The number of nitrogens with zero attached hydrogens (tertiary/aromatic N) is 3. The molecule has 26 heavy (non-hydrogen) atoms. The van der Waals surface area contributed by atoms with Gasteiger partial charge in [-0.25, -0.2) is 0 Å². The smallest absolute Gasteiger partial charge is 0.318 e. The number of nitro benzene ring substituents is 2. The third-order valence-electron chi connectivity index (χ3n) is 3.27. The van der Waals surface area contributed by atoms with E-state index in [1.165, 1.54) is 0 Å². The molecule has 2 rings (SSSR count). The molecule has 0 saturated heterocycles. The normalized spacial score (nSPS) is 10.5. The Labute approximate surface area is 152 Å². The van der Waals surface area contributed by atoms with Crippen molar-refractivity contribution in [2.24, 2.45) is 5.10 Å². The summed E-state index contributed by atoms with van der Waals surface area (Å²) in [5.41, 5.74) is 2.65. The number of nitro groups is 2. The maximum Gasteiger partial charge on any atom is 0.318 e. The van der Waals surface area contributed by atoms with Crippen LogP contribution in [0.4, 0.5) is 17.1 Å². The van der Waals surface area contributed by atoms with Crippen molar-refractivity contribution in [1.29, 1.82) is 0 Å². The number of benzene rings is 2. The number of phenolic OH excluding ortho intramolecular Hbond substituents is 1. The number of thiocarbonyl (C=S) groups is 1. The van der Waals surface area contributed by atoms with E-state index in [1.54, 1.807) is 0 Å². The Bertz CT molecular complexity index is 915. The van der Waals surface area contributed by atoms with Gasteiger partial charge in [-0.05, 0) is 30.8 Å². The summed E-state index contributed by atoms with van der Waals surface area (Å²) in [5.74, 6) is -0.732. The van der Waals surface area contributed by atoms with Gasteiger partial charge in [0.1, 0.15) is 0 Å². The molecule has 0 aliphatic carbocycles. The van der Waals surface area contributed by atoms with E-state index in [1.807, 2.05) is 31.2 Å². The van der Waals surface area contributed by atoms with Crippen molar-refractivity contribution in [2.75, 3.05) is 5.32 Å². The third kappa shape index (κ3) is 4.48. The molecule has 0 aromatic heterocycles. The molecule has 3 N–H and O–H groups in total. The summed E-state index contributed by atoms with van der Waals surface area (Å²) < 4.78 is 0. The SMILES string of the molecule is Cc1ccccc1NC(=S)N/N=C/c1cc([N+](=O)[O-])cc([N+](=O)[O-])c1O. The Morgan fingerprint density at radius 1 is 1.23 bits per heavy atom. The second kappa shape index (κ2) is 7.98. The molecule has 10 nitrogen and oxygen atoms in total. The summed E-state index contributed by atoms with van der Waals surface area (Å²) in [6.07, 6.45) is 1.00. The van der Waals surface area contributed by atoms with E-state index in [2.05, 4.69) is 15.8 Å². The van der Waals surface area contributed by atoms with Crippen molar-refractivity contribution < 1.29 is 15.0 Å². The number of hydrogen-bond acceptors (Lipinski definition) is 7. The summed E-state index contributed by atoms with van der Waals surface area (Å²) in [4.78, 5) is 20.0. The van der Waals surface area contributed by atoms with E-state index in [9.17, 15) is 25.3 Å². The average molecular weight is 375 g/mol. The second-order valence-electron chi connectivity index (χ2n) is 5.06. The Kier molecular flexibility index (Phi) is 5.75. The fourth-order valence-corrected chi connectivity index (χ4v) is 2.16. The Hall–Kier alpha value is -3.60.